The lowest BCUT2D eigenvalue weighted by Gasteiger charge is -2.25. The summed E-state index contributed by atoms with van der Waals surface area (Å²) in [6.07, 6.45) is 0.993. The van der Waals surface area contributed by atoms with Crippen molar-refractivity contribution in [2.75, 3.05) is 4.90 Å². The zero-order valence-corrected chi connectivity index (χ0v) is 24.6. The molecule has 1 heterocycles. The van der Waals surface area contributed by atoms with E-state index in [0.29, 0.717) is 24.2 Å². The molecule has 216 valence electrons. The number of amides is 1. The van der Waals surface area contributed by atoms with Gasteiger partial charge in [0.1, 0.15) is 0 Å². The van der Waals surface area contributed by atoms with Gasteiger partial charge in [0.25, 0.3) is 0 Å². The zero-order valence-electron chi connectivity index (χ0n) is 23.8. The third kappa shape index (κ3) is 5.75. The molecule has 4 aromatic rings. The van der Waals surface area contributed by atoms with Gasteiger partial charge in [0.15, 0.2) is 0 Å². The van der Waals surface area contributed by atoms with Crippen LogP contribution in [0.4, 0.5) is 5.69 Å². The summed E-state index contributed by atoms with van der Waals surface area (Å²) in [5.41, 5.74) is 6.03. The molecule has 1 fully saturated rings. The molecule has 42 heavy (non-hydrogen) atoms. The monoisotopic (exact) mass is 581 g/mol. The predicted octanol–water partition coefficient (Wildman–Crippen LogP) is 5.23. The van der Waals surface area contributed by atoms with E-state index in [1.165, 1.54) is 0 Å². The number of nitrogens with zero attached hydrogens (tertiary/aromatic N) is 2. The molecular formula is C34H35N3O4S. The molecule has 8 heteroatoms. The van der Waals surface area contributed by atoms with Gasteiger partial charge < -0.3 is 10.0 Å². The molecule has 2 unspecified atom stereocenters. The molecule has 2 N–H and O–H groups in total. The minimum Gasteiger partial charge on any atom is -0.391 e. The lowest BCUT2D eigenvalue weighted by molar-refractivity contribution is -0.120. The van der Waals surface area contributed by atoms with Gasteiger partial charge in [-0.1, -0.05) is 61.5 Å². The SMILES string of the molecule is CCc1ccc(S(=O)(=O)N[C@@H]2c3cc(N(Cc4cccc(C)n4)C(=O)C4CC4c4ccccc4)ccc3C[C@H]2O)cc1. The van der Waals surface area contributed by atoms with Crippen molar-refractivity contribution in [1.29, 1.82) is 0 Å². The van der Waals surface area contributed by atoms with Gasteiger partial charge in [-0.25, -0.2) is 13.1 Å². The Kier molecular flexibility index (Phi) is 7.70. The maximum absolute atomic E-state index is 14.0. The minimum absolute atomic E-state index is 0.0128. The Morgan fingerprint density at radius 1 is 1.00 bits per heavy atom. The maximum atomic E-state index is 14.0. The minimum atomic E-state index is -3.89. The molecule has 6 rings (SSSR count). The summed E-state index contributed by atoms with van der Waals surface area (Å²) in [5.74, 6) is 0.0387. The van der Waals surface area contributed by atoms with Crippen LogP contribution < -0.4 is 9.62 Å². The topological polar surface area (TPSA) is 99.6 Å². The van der Waals surface area contributed by atoms with Crippen molar-refractivity contribution < 1.29 is 18.3 Å². The highest BCUT2D eigenvalue weighted by molar-refractivity contribution is 7.89. The number of aromatic nitrogens is 1. The Hall–Kier alpha value is -3.85. The lowest BCUT2D eigenvalue weighted by Crippen LogP contribution is -2.34. The second kappa shape index (κ2) is 11.4. The standard InChI is InChI=1S/C34H35N3O4S/c1-3-23-12-16-28(17-13-23)42(40,41)36-33-30-19-27(15-14-25(30)18-32(33)38)37(21-26-11-7-8-22(2)35-26)34(39)31-20-29(31)24-9-5-4-6-10-24/h4-17,19,29,31-33,36,38H,3,18,20-21H2,1-2H3/t29?,31?,32-,33-/m1/s1. The Morgan fingerprint density at radius 3 is 2.48 bits per heavy atom. The van der Waals surface area contributed by atoms with Crippen LogP contribution in [-0.4, -0.2) is 30.5 Å². The average Bonchev–Trinajstić information content (AvgIpc) is 3.75. The van der Waals surface area contributed by atoms with Crippen molar-refractivity contribution in [2.45, 2.75) is 62.6 Å². The maximum Gasteiger partial charge on any atom is 0.241 e. The molecule has 0 spiro atoms. The lowest BCUT2D eigenvalue weighted by atomic mass is 10.1. The van der Waals surface area contributed by atoms with Crippen LogP contribution in [0, 0.1) is 12.8 Å². The van der Waals surface area contributed by atoms with Crippen LogP contribution in [0.3, 0.4) is 0 Å². The Labute approximate surface area is 247 Å². The number of carbonyl (C=O) groups is 1. The van der Waals surface area contributed by atoms with E-state index in [0.717, 1.165) is 40.9 Å². The van der Waals surface area contributed by atoms with Crippen molar-refractivity contribution in [1.82, 2.24) is 9.71 Å². The summed E-state index contributed by atoms with van der Waals surface area (Å²) in [4.78, 5) is 20.6. The fourth-order valence-electron chi connectivity index (χ4n) is 5.94. The number of nitrogens with one attached hydrogen (secondary N) is 1. The number of aryl methyl sites for hydroxylation is 2. The number of benzene rings is 3. The van der Waals surface area contributed by atoms with E-state index >= 15 is 0 Å². The van der Waals surface area contributed by atoms with Gasteiger partial charge in [-0.3, -0.25) is 9.78 Å². The summed E-state index contributed by atoms with van der Waals surface area (Å²) < 4.78 is 29.4. The summed E-state index contributed by atoms with van der Waals surface area (Å²) in [6, 6.07) is 27.4. The molecule has 1 saturated carbocycles. The molecule has 3 aromatic carbocycles. The zero-order chi connectivity index (χ0) is 29.4. The van der Waals surface area contributed by atoms with Gasteiger partial charge >= 0.3 is 0 Å². The molecular weight excluding hydrogens is 546 g/mol. The fourth-order valence-corrected chi connectivity index (χ4v) is 7.19. The first kappa shape index (κ1) is 28.3. The van der Waals surface area contributed by atoms with Crippen LogP contribution in [-0.2, 0) is 34.2 Å². The third-order valence-corrected chi connectivity index (χ3v) is 9.84. The molecule has 0 bridgehead atoms. The van der Waals surface area contributed by atoms with E-state index < -0.39 is 22.2 Å². The highest BCUT2D eigenvalue weighted by Crippen LogP contribution is 2.49. The molecule has 2 aliphatic rings. The highest BCUT2D eigenvalue weighted by Gasteiger charge is 2.46. The smallest absolute Gasteiger partial charge is 0.241 e. The summed E-state index contributed by atoms with van der Waals surface area (Å²) >= 11 is 0. The van der Waals surface area contributed by atoms with Gasteiger partial charge in [-0.15, -0.1) is 0 Å². The number of anilines is 1. The first-order chi connectivity index (χ1) is 20.2. The predicted molar refractivity (Wildman–Crippen MR) is 162 cm³/mol. The van der Waals surface area contributed by atoms with E-state index in [4.69, 9.17) is 0 Å². The number of aliphatic hydroxyl groups excluding tert-OH is 1. The molecule has 1 amide bonds. The summed E-state index contributed by atoms with van der Waals surface area (Å²) in [5, 5.41) is 10.9. The van der Waals surface area contributed by atoms with Crippen molar-refractivity contribution in [3.8, 4) is 0 Å². The summed E-state index contributed by atoms with van der Waals surface area (Å²) in [6.45, 7) is 4.23. The summed E-state index contributed by atoms with van der Waals surface area (Å²) in [7, 11) is -3.89. The van der Waals surface area contributed by atoms with E-state index in [2.05, 4.69) is 21.8 Å². The number of carbonyl (C=O) groups excluding carboxylic acids is 1. The highest BCUT2D eigenvalue weighted by atomic mass is 32.2. The number of fused-ring (bicyclic) bond motifs is 1. The van der Waals surface area contributed by atoms with Crippen LogP contribution in [0.2, 0.25) is 0 Å². The van der Waals surface area contributed by atoms with Crippen LogP contribution in [0.15, 0.2) is 95.9 Å². The van der Waals surface area contributed by atoms with Gasteiger partial charge in [-0.05, 0) is 84.3 Å². The van der Waals surface area contributed by atoms with Crippen molar-refractivity contribution in [2.24, 2.45) is 5.92 Å². The number of rotatable bonds is 9. The quantitative estimate of drug-likeness (QED) is 0.282. The van der Waals surface area contributed by atoms with Crippen LogP contribution in [0.5, 0.6) is 0 Å². The molecule has 4 atom stereocenters. The van der Waals surface area contributed by atoms with Crippen LogP contribution in [0.25, 0.3) is 0 Å². The number of hydrogen-bond acceptors (Lipinski definition) is 5. The van der Waals surface area contributed by atoms with E-state index in [1.807, 2.05) is 68.4 Å². The number of sulfonamides is 1. The second-order valence-electron chi connectivity index (χ2n) is 11.3. The fraction of sp³-hybridized carbons (Fsp3) is 0.294. The molecule has 0 aliphatic heterocycles. The molecule has 1 aromatic heterocycles. The van der Waals surface area contributed by atoms with Crippen molar-refractivity contribution >= 4 is 21.6 Å². The number of aliphatic hydroxyl groups is 1. The Morgan fingerprint density at radius 2 is 1.76 bits per heavy atom. The van der Waals surface area contributed by atoms with Crippen LogP contribution >= 0.6 is 0 Å². The first-order valence-corrected chi connectivity index (χ1v) is 15.9. The van der Waals surface area contributed by atoms with Gasteiger partial charge in [0.05, 0.1) is 29.3 Å². The third-order valence-electron chi connectivity index (χ3n) is 8.38. The normalized spacial score (nSPS) is 21.1. The molecule has 2 aliphatic carbocycles. The molecule has 7 nitrogen and oxygen atoms in total. The van der Waals surface area contributed by atoms with Crippen molar-refractivity contribution in [3.63, 3.8) is 0 Å². The number of pyridine rings is 1. The average molecular weight is 582 g/mol. The van der Waals surface area contributed by atoms with E-state index in [1.54, 1.807) is 29.2 Å². The largest absolute Gasteiger partial charge is 0.391 e. The van der Waals surface area contributed by atoms with E-state index in [-0.39, 0.29) is 22.6 Å². The van der Waals surface area contributed by atoms with Gasteiger partial charge in [-0.2, -0.15) is 0 Å². The Balaban J connectivity index is 1.31. The number of hydrogen-bond donors (Lipinski definition) is 2. The first-order valence-electron chi connectivity index (χ1n) is 14.4. The van der Waals surface area contributed by atoms with Gasteiger partial charge in [0.2, 0.25) is 15.9 Å². The molecule has 0 saturated heterocycles. The van der Waals surface area contributed by atoms with Crippen molar-refractivity contribution in [3.05, 3.63) is 125 Å². The van der Waals surface area contributed by atoms with Crippen LogP contribution in [0.1, 0.15) is 58.9 Å². The second-order valence-corrected chi connectivity index (χ2v) is 13.0. The Bertz CT molecular complexity index is 1710. The molecule has 0 radical (unpaired) electrons. The van der Waals surface area contributed by atoms with E-state index in [9.17, 15) is 18.3 Å². The van der Waals surface area contributed by atoms with Gasteiger partial charge in [0, 0.05) is 23.7 Å².